The number of ether oxygens (including phenoxy) is 1. The maximum Gasteiger partial charge on any atom is 0.0840 e. The SMILES string of the molecule is COC1C=CC=C2C1C(C)CC(C)(C)N2CCO. The van der Waals surface area contributed by atoms with Crippen LogP contribution in [0.25, 0.3) is 0 Å². The van der Waals surface area contributed by atoms with E-state index in [9.17, 15) is 5.11 Å². The monoisotopic (exact) mass is 251 g/mol. The number of β-amino-alcohol motifs (C(OH)–C–C–N with tert-alkyl or cyclic N) is 1. The van der Waals surface area contributed by atoms with Gasteiger partial charge in [-0.2, -0.15) is 0 Å². The zero-order chi connectivity index (χ0) is 13.3. The van der Waals surface area contributed by atoms with Crippen LogP contribution in [0.5, 0.6) is 0 Å². The van der Waals surface area contributed by atoms with Crippen molar-refractivity contribution in [2.75, 3.05) is 20.3 Å². The molecule has 3 nitrogen and oxygen atoms in total. The molecular weight excluding hydrogens is 226 g/mol. The Morgan fingerprint density at radius 2 is 2.22 bits per heavy atom. The summed E-state index contributed by atoms with van der Waals surface area (Å²) < 4.78 is 5.61. The van der Waals surface area contributed by atoms with E-state index in [0.29, 0.717) is 18.4 Å². The first kappa shape index (κ1) is 13.6. The molecule has 0 aromatic heterocycles. The fourth-order valence-electron chi connectivity index (χ4n) is 3.68. The summed E-state index contributed by atoms with van der Waals surface area (Å²) in [5, 5.41) is 9.31. The largest absolute Gasteiger partial charge is 0.395 e. The summed E-state index contributed by atoms with van der Waals surface area (Å²) in [6.45, 7) is 7.73. The Hall–Kier alpha value is -0.800. The molecule has 0 radical (unpaired) electrons. The second-order valence-corrected chi connectivity index (χ2v) is 6.07. The minimum absolute atomic E-state index is 0.105. The number of fused-ring (bicyclic) bond motifs is 1. The lowest BCUT2D eigenvalue weighted by atomic mass is 9.71. The van der Waals surface area contributed by atoms with E-state index in [4.69, 9.17) is 4.74 Å². The van der Waals surface area contributed by atoms with Crippen LogP contribution < -0.4 is 0 Å². The Kier molecular flexibility index (Phi) is 3.83. The van der Waals surface area contributed by atoms with Gasteiger partial charge in [-0.3, -0.25) is 0 Å². The van der Waals surface area contributed by atoms with Gasteiger partial charge in [-0.15, -0.1) is 0 Å². The minimum Gasteiger partial charge on any atom is -0.395 e. The maximum atomic E-state index is 9.31. The van der Waals surface area contributed by atoms with Gasteiger partial charge in [-0.05, 0) is 32.3 Å². The summed E-state index contributed by atoms with van der Waals surface area (Å²) in [7, 11) is 1.78. The Labute approximate surface area is 110 Å². The van der Waals surface area contributed by atoms with Crippen molar-refractivity contribution in [2.45, 2.75) is 38.8 Å². The Balaban J connectivity index is 2.35. The average Bonchev–Trinajstić information content (AvgIpc) is 2.32. The van der Waals surface area contributed by atoms with E-state index >= 15 is 0 Å². The van der Waals surface area contributed by atoms with E-state index in [2.05, 4.69) is 43.9 Å². The van der Waals surface area contributed by atoms with Crippen molar-refractivity contribution in [3.63, 3.8) is 0 Å². The molecule has 0 spiro atoms. The van der Waals surface area contributed by atoms with Gasteiger partial charge < -0.3 is 14.7 Å². The molecule has 0 aromatic rings. The predicted molar refractivity (Wildman–Crippen MR) is 73.2 cm³/mol. The highest BCUT2D eigenvalue weighted by atomic mass is 16.5. The van der Waals surface area contributed by atoms with Gasteiger partial charge in [-0.1, -0.05) is 19.1 Å². The smallest absolute Gasteiger partial charge is 0.0840 e. The van der Waals surface area contributed by atoms with Crippen molar-refractivity contribution in [2.24, 2.45) is 11.8 Å². The molecule has 0 amide bonds. The number of methoxy groups -OCH3 is 1. The van der Waals surface area contributed by atoms with E-state index in [0.717, 1.165) is 6.42 Å². The van der Waals surface area contributed by atoms with Gasteiger partial charge in [0.05, 0.1) is 12.7 Å². The van der Waals surface area contributed by atoms with Gasteiger partial charge in [0.15, 0.2) is 0 Å². The predicted octanol–water partition coefficient (Wildman–Crippen LogP) is 2.18. The number of hydrogen-bond acceptors (Lipinski definition) is 3. The fraction of sp³-hybridized carbons (Fsp3) is 0.733. The lowest BCUT2D eigenvalue weighted by Crippen LogP contribution is -2.55. The molecule has 1 aliphatic heterocycles. The van der Waals surface area contributed by atoms with Gasteiger partial charge in [0.25, 0.3) is 0 Å². The third-order valence-corrected chi connectivity index (χ3v) is 4.34. The van der Waals surface area contributed by atoms with Crippen LogP contribution in [0.3, 0.4) is 0 Å². The van der Waals surface area contributed by atoms with E-state index in [1.807, 2.05) is 0 Å². The van der Waals surface area contributed by atoms with Crippen LogP contribution in [0.4, 0.5) is 0 Å². The molecule has 1 fully saturated rings. The zero-order valence-corrected chi connectivity index (χ0v) is 11.9. The summed E-state index contributed by atoms with van der Waals surface area (Å²) >= 11 is 0. The number of hydrogen-bond donors (Lipinski definition) is 1. The van der Waals surface area contributed by atoms with Crippen LogP contribution in [0.15, 0.2) is 23.9 Å². The molecule has 3 unspecified atom stereocenters. The van der Waals surface area contributed by atoms with Crippen molar-refractivity contribution in [1.29, 1.82) is 0 Å². The lowest BCUT2D eigenvalue weighted by Gasteiger charge is -2.53. The molecule has 18 heavy (non-hydrogen) atoms. The molecule has 2 rings (SSSR count). The molecule has 1 N–H and O–H groups in total. The number of rotatable bonds is 3. The highest BCUT2D eigenvalue weighted by molar-refractivity contribution is 5.28. The van der Waals surface area contributed by atoms with Crippen molar-refractivity contribution in [3.8, 4) is 0 Å². The second kappa shape index (κ2) is 5.06. The molecule has 1 aliphatic carbocycles. The molecule has 1 heterocycles. The van der Waals surface area contributed by atoms with E-state index in [-0.39, 0.29) is 18.2 Å². The molecular formula is C15H25NO2. The quantitative estimate of drug-likeness (QED) is 0.834. The van der Waals surface area contributed by atoms with Crippen LogP contribution in [0, 0.1) is 11.8 Å². The molecule has 0 aromatic carbocycles. The van der Waals surface area contributed by atoms with Crippen LogP contribution in [-0.4, -0.2) is 41.9 Å². The summed E-state index contributed by atoms with van der Waals surface area (Å²) in [6, 6.07) is 0. The average molecular weight is 251 g/mol. The summed E-state index contributed by atoms with van der Waals surface area (Å²) in [4.78, 5) is 2.35. The Morgan fingerprint density at radius 3 is 2.83 bits per heavy atom. The van der Waals surface area contributed by atoms with E-state index in [1.165, 1.54) is 5.70 Å². The fourth-order valence-corrected chi connectivity index (χ4v) is 3.68. The van der Waals surface area contributed by atoms with Crippen LogP contribution >= 0.6 is 0 Å². The first-order chi connectivity index (χ1) is 8.51. The second-order valence-electron chi connectivity index (χ2n) is 6.07. The lowest BCUT2D eigenvalue weighted by molar-refractivity contribution is -0.00758. The number of allylic oxidation sites excluding steroid dienone is 2. The molecule has 0 bridgehead atoms. The number of nitrogens with zero attached hydrogens (tertiary/aromatic N) is 1. The van der Waals surface area contributed by atoms with Crippen molar-refractivity contribution in [3.05, 3.63) is 23.9 Å². The molecule has 3 heteroatoms. The number of likely N-dealkylation sites (tertiary alicyclic amines) is 1. The molecule has 3 atom stereocenters. The van der Waals surface area contributed by atoms with Gasteiger partial charge in [-0.25, -0.2) is 0 Å². The summed E-state index contributed by atoms with van der Waals surface area (Å²) in [5.41, 5.74) is 1.43. The summed E-state index contributed by atoms with van der Waals surface area (Å²) in [5.74, 6) is 1.01. The topological polar surface area (TPSA) is 32.7 Å². The third kappa shape index (κ3) is 2.21. The van der Waals surface area contributed by atoms with Gasteiger partial charge in [0.2, 0.25) is 0 Å². The number of piperidine rings is 1. The first-order valence-electron chi connectivity index (χ1n) is 6.81. The van der Waals surface area contributed by atoms with Crippen molar-refractivity contribution < 1.29 is 9.84 Å². The normalized spacial score (nSPS) is 34.2. The van der Waals surface area contributed by atoms with E-state index < -0.39 is 0 Å². The van der Waals surface area contributed by atoms with Crippen molar-refractivity contribution in [1.82, 2.24) is 4.90 Å². The standard InChI is InChI=1S/C15H25NO2/c1-11-10-15(2,3)16(8-9-17)12-6-5-7-13(18-4)14(11)12/h5-7,11,13-14,17H,8-10H2,1-4H3. The summed E-state index contributed by atoms with van der Waals surface area (Å²) in [6.07, 6.45) is 7.70. The van der Waals surface area contributed by atoms with Gasteiger partial charge in [0, 0.05) is 30.8 Å². The van der Waals surface area contributed by atoms with Crippen molar-refractivity contribution >= 4 is 0 Å². The van der Waals surface area contributed by atoms with Crippen LogP contribution in [0.2, 0.25) is 0 Å². The number of aliphatic hydroxyl groups excluding tert-OH is 1. The highest BCUT2D eigenvalue weighted by Crippen LogP contribution is 2.44. The Morgan fingerprint density at radius 1 is 1.50 bits per heavy atom. The highest BCUT2D eigenvalue weighted by Gasteiger charge is 2.44. The minimum atomic E-state index is 0.105. The van der Waals surface area contributed by atoms with Crippen LogP contribution in [-0.2, 0) is 4.74 Å². The molecule has 0 saturated carbocycles. The van der Waals surface area contributed by atoms with Gasteiger partial charge in [0.1, 0.15) is 0 Å². The molecule has 2 aliphatic rings. The first-order valence-corrected chi connectivity index (χ1v) is 6.81. The van der Waals surface area contributed by atoms with E-state index in [1.54, 1.807) is 7.11 Å². The third-order valence-electron chi connectivity index (χ3n) is 4.34. The molecule has 1 saturated heterocycles. The Bertz CT molecular complexity index is 360. The van der Waals surface area contributed by atoms with Crippen LogP contribution in [0.1, 0.15) is 27.2 Å². The number of aliphatic hydroxyl groups is 1. The maximum absolute atomic E-state index is 9.31. The zero-order valence-electron chi connectivity index (χ0n) is 11.9. The molecule has 102 valence electrons. The van der Waals surface area contributed by atoms with Gasteiger partial charge >= 0.3 is 0 Å².